The second-order valence-electron chi connectivity index (χ2n) is 4.66. The first-order valence-corrected chi connectivity index (χ1v) is 6.17. The molecule has 2 rings (SSSR count). The van der Waals surface area contributed by atoms with E-state index in [0.717, 1.165) is 0 Å². The van der Waals surface area contributed by atoms with Crippen LogP contribution in [0.3, 0.4) is 0 Å². The number of benzene rings is 1. The van der Waals surface area contributed by atoms with Gasteiger partial charge in [0.05, 0.1) is 6.20 Å². The minimum atomic E-state index is -2.51. The fourth-order valence-electron chi connectivity index (χ4n) is 1.92. The van der Waals surface area contributed by atoms with Gasteiger partial charge in [-0.3, -0.25) is 4.68 Å². The lowest BCUT2D eigenvalue weighted by molar-refractivity contribution is 0.152. The molecule has 0 aliphatic carbocycles. The summed E-state index contributed by atoms with van der Waals surface area (Å²) in [5.41, 5.74) is 1.94. The van der Waals surface area contributed by atoms with E-state index in [-0.39, 0.29) is 11.6 Å². The van der Waals surface area contributed by atoms with E-state index >= 15 is 0 Å². The largest absolute Gasteiger partial charge is 0.388 e. The maximum absolute atomic E-state index is 13.1. The van der Waals surface area contributed by atoms with E-state index in [1.54, 1.807) is 36.3 Å². The Morgan fingerprint density at radius 3 is 2.53 bits per heavy atom. The molecule has 5 heteroatoms. The first-order chi connectivity index (χ1) is 9.02. The number of hydrogen-bond acceptors (Lipinski definition) is 2. The normalized spacial score (nSPS) is 11.3. The fourth-order valence-corrected chi connectivity index (χ4v) is 1.92. The van der Waals surface area contributed by atoms with Crippen molar-refractivity contribution < 1.29 is 8.78 Å². The predicted octanol–water partition coefficient (Wildman–Crippen LogP) is 4.11. The van der Waals surface area contributed by atoms with Crippen molar-refractivity contribution in [2.45, 2.75) is 26.3 Å². The van der Waals surface area contributed by atoms with Gasteiger partial charge in [-0.25, -0.2) is 8.78 Å². The molecule has 2 aromatic rings. The Bertz CT molecular complexity index is 562. The van der Waals surface area contributed by atoms with Crippen LogP contribution in [0.4, 0.5) is 14.5 Å². The second-order valence-corrected chi connectivity index (χ2v) is 4.66. The molecular weight excluding hydrogens is 248 g/mol. The van der Waals surface area contributed by atoms with Gasteiger partial charge < -0.3 is 5.32 Å². The quantitative estimate of drug-likeness (QED) is 0.901. The number of nitrogens with one attached hydrogen (secondary N) is 1. The van der Waals surface area contributed by atoms with Crippen molar-refractivity contribution >= 4 is 5.69 Å². The van der Waals surface area contributed by atoms with Crippen LogP contribution in [0.1, 0.15) is 31.9 Å². The van der Waals surface area contributed by atoms with Crippen LogP contribution in [0.15, 0.2) is 30.6 Å². The summed E-state index contributed by atoms with van der Waals surface area (Å²) in [6.45, 7) is 3.99. The Morgan fingerprint density at radius 2 is 2.00 bits per heavy atom. The number of alkyl halides is 2. The van der Waals surface area contributed by atoms with Crippen LogP contribution in [0, 0.1) is 0 Å². The molecule has 0 bridgehead atoms. The highest BCUT2D eigenvalue weighted by Gasteiger charge is 2.16. The third kappa shape index (κ3) is 2.75. The van der Waals surface area contributed by atoms with Crippen LogP contribution in [0.5, 0.6) is 0 Å². The summed E-state index contributed by atoms with van der Waals surface area (Å²) < 4.78 is 28.0. The number of nitrogens with zero attached hydrogens (tertiary/aromatic N) is 2. The average molecular weight is 265 g/mol. The summed E-state index contributed by atoms with van der Waals surface area (Å²) in [6, 6.07) is 5.18. The zero-order chi connectivity index (χ0) is 14.0. The van der Waals surface area contributed by atoms with Crippen LogP contribution in [-0.2, 0) is 0 Å². The minimum Gasteiger partial charge on any atom is -0.388 e. The highest BCUT2D eigenvalue weighted by molar-refractivity contribution is 5.69. The lowest BCUT2D eigenvalue weighted by Crippen LogP contribution is -1.99. The summed E-state index contributed by atoms with van der Waals surface area (Å²) in [7, 11) is 1.71. The summed E-state index contributed by atoms with van der Waals surface area (Å²) in [5.74, 6) is 0. The van der Waals surface area contributed by atoms with E-state index in [0.29, 0.717) is 16.8 Å². The maximum atomic E-state index is 13.1. The van der Waals surface area contributed by atoms with Crippen LogP contribution in [0.2, 0.25) is 0 Å². The average Bonchev–Trinajstić information content (AvgIpc) is 2.87. The third-order valence-electron chi connectivity index (χ3n) is 3.02. The molecule has 0 aliphatic heterocycles. The summed E-state index contributed by atoms with van der Waals surface area (Å²) in [5, 5.41) is 7.06. The number of halogens is 2. The van der Waals surface area contributed by atoms with Crippen molar-refractivity contribution in [3.63, 3.8) is 0 Å². The molecule has 1 aromatic carbocycles. The van der Waals surface area contributed by atoms with E-state index in [1.807, 2.05) is 13.8 Å². The fraction of sp³-hybridized carbons (Fsp3) is 0.357. The van der Waals surface area contributed by atoms with Crippen molar-refractivity contribution in [1.82, 2.24) is 9.78 Å². The first-order valence-electron chi connectivity index (χ1n) is 6.17. The maximum Gasteiger partial charge on any atom is 0.264 e. The molecule has 1 aromatic heterocycles. The summed E-state index contributed by atoms with van der Waals surface area (Å²) in [6.07, 6.45) is 0.913. The molecule has 102 valence electrons. The molecule has 0 radical (unpaired) electrons. The molecule has 0 saturated heterocycles. The molecule has 1 N–H and O–H groups in total. The van der Waals surface area contributed by atoms with Crippen molar-refractivity contribution in [3.05, 3.63) is 36.2 Å². The Morgan fingerprint density at radius 1 is 1.26 bits per heavy atom. The van der Waals surface area contributed by atoms with Gasteiger partial charge in [0, 0.05) is 36.1 Å². The van der Waals surface area contributed by atoms with Gasteiger partial charge in [0.25, 0.3) is 6.43 Å². The van der Waals surface area contributed by atoms with Gasteiger partial charge in [0.1, 0.15) is 0 Å². The lowest BCUT2D eigenvalue weighted by atomic mass is 10.0. The monoisotopic (exact) mass is 265 g/mol. The number of aromatic nitrogens is 2. The molecule has 0 atom stereocenters. The van der Waals surface area contributed by atoms with Gasteiger partial charge in [-0.15, -0.1) is 0 Å². The molecule has 3 nitrogen and oxygen atoms in total. The van der Waals surface area contributed by atoms with Gasteiger partial charge in [-0.1, -0.05) is 6.07 Å². The van der Waals surface area contributed by atoms with E-state index < -0.39 is 6.43 Å². The lowest BCUT2D eigenvalue weighted by Gasteiger charge is -2.10. The Hall–Kier alpha value is -1.91. The van der Waals surface area contributed by atoms with Crippen LogP contribution < -0.4 is 5.32 Å². The van der Waals surface area contributed by atoms with Gasteiger partial charge in [0.15, 0.2) is 0 Å². The smallest absolute Gasteiger partial charge is 0.264 e. The van der Waals surface area contributed by atoms with Gasteiger partial charge >= 0.3 is 0 Å². The number of hydrogen-bond donors (Lipinski definition) is 1. The predicted molar refractivity (Wildman–Crippen MR) is 72.6 cm³/mol. The zero-order valence-electron chi connectivity index (χ0n) is 11.2. The van der Waals surface area contributed by atoms with Crippen molar-refractivity contribution in [1.29, 1.82) is 0 Å². The van der Waals surface area contributed by atoms with Gasteiger partial charge in [0.2, 0.25) is 0 Å². The number of anilines is 1. The standard InChI is InChI=1S/C14H17F2N3/c1-9(2)19-8-10(7-18-19)12-5-4-11(17-3)6-13(12)14(15)16/h4-9,14,17H,1-3H3. The molecular formula is C14H17F2N3. The molecule has 0 unspecified atom stereocenters. The van der Waals surface area contributed by atoms with Crippen molar-refractivity contribution in [2.75, 3.05) is 12.4 Å². The molecule has 0 spiro atoms. The molecule has 0 saturated carbocycles. The SMILES string of the molecule is CNc1ccc(-c2cnn(C(C)C)c2)c(C(F)F)c1. The molecule has 0 amide bonds. The molecule has 0 aliphatic rings. The molecule has 1 heterocycles. The van der Waals surface area contributed by atoms with E-state index in [4.69, 9.17) is 0 Å². The minimum absolute atomic E-state index is 0.0233. The summed E-state index contributed by atoms with van der Waals surface area (Å²) in [4.78, 5) is 0. The van der Waals surface area contributed by atoms with E-state index in [2.05, 4.69) is 10.4 Å². The first kappa shape index (κ1) is 13.5. The topological polar surface area (TPSA) is 29.9 Å². The van der Waals surface area contributed by atoms with Crippen LogP contribution in [0.25, 0.3) is 11.1 Å². The highest BCUT2D eigenvalue weighted by Crippen LogP contribution is 2.33. The van der Waals surface area contributed by atoms with E-state index in [1.165, 1.54) is 6.07 Å². The third-order valence-corrected chi connectivity index (χ3v) is 3.02. The number of rotatable bonds is 4. The van der Waals surface area contributed by atoms with Crippen LogP contribution in [-0.4, -0.2) is 16.8 Å². The zero-order valence-corrected chi connectivity index (χ0v) is 11.2. The van der Waals surface area contributed by atoms with Crippen LogP contribution >= 0.6 is 0 Å². The van der Waals surface area contributed by atoms with Gasteiger partial charge in [-0.2, -0.15) is 5.10 Å². The van der Waals surface area contributed by atoms with Gasteiger partial charge in [-0.05, 0) is 31.5 Å². The Balaban J connectivity index is 2.48. The highest BCUT2D eigenvalue weighted by atomic mass is 19.3. The van der Waals surface area contributed by atoms with Crippen molar-refractivity contribution in [3.8, 4) is 11.1 Å². The second kappa shape index (κ2) is 5.38. The molecule has 19 heavy (non-hydrogen) atoms. The Labute approximate surface area is 111 Å². The Kier molecular flexibility index (Phi) is 3.83. The summed E-state index contributed by atoms with van der Waals surface area (Å²) >= 11 is 0. The van der Waals surface area contributed by atoms with E-state index in [9.17, 15) is 8.78 Å². The van der Waals surface area contributed by atoms with Crippen molar-refractivity contribution in [2.24, 2.45) is 0 Å². The molecule has 0 fully saturated rings.